The van der Waals surface area contributed by atoms with Crippen molar-refractivity contribution in [3.63, 3.8) is 0 Å². The van der Waals surface area contributed by atoms with Gasteiger partial charge in [-0.3, -0.25) is 14.4 Å². The number of nitrogens with one attached hydrogen (secondary N) is 2. The van der Waals surface area contributed by atoms with Crippen LogP contribution in [0.1, 0.15) is 19.8 Å². The molecule has 2 N–H and O–H groups in total. The van der Waals surface area contributed by atoms with Crippen molar-refractivity contribution in [3.8, 4) is 11.5 Å². The monoisotopic (exact) mass is 434 g/mol. The summed E-state index contributed by atoms with van der Waals surface area (Å²) in [4.78, 5) is 35.9. The molecule has 0 saturated heterocycles. The molecule has 0 fully saturated rings. The van der Waals surface area contributed by atoms with Crippen molar-refractivity contribution in [2.24, 2.45) is 0 Å². The van der Waals surface area contributed by atoms with Crippen molar-refractivity contribution in [2.75, 3.05) is 31.0 Å². The van der Waals surface area contributed by atoms with Gasteiger partial charge >= 0.3 is 5.97 Å². The maximum Gasteiger partial charge on any atom is 0.306 e. The first kappa shape index (κ1) is 23.0. The van der Waals surface area contributed by atoms with E-state index in [9.17, 15) is 14.4 Å². The van der Waals surface area contributed by atoms with Crippen LogP contribution in [0.25, 0.3) is 0 Å². The van der Waals surface area contributed by atoms with Crippen molar-refractivity contribution < 1.29 is 28.6 Å². The van der Waals surface area contributed by atoms with Crippen molar-refractivity contribution in [1.82, 2.24) is 0 Å². The van der Waals surface area contributed by atoms with Gasteiger partial charge in [0.05, 0.1) is 31.5 Å². The third kappa shape index (κ3) is 7.29. The largest absolute Gasteiger partial charge is 0.495 e. The molecule has 2 aromatic carbocycles. The molecule has 160 valence electrons. The van der Waals surface area contributed by atoms with Crippen LogP contribution in [0.5, 0.6) is 11.5 Å². The van der Waals surface area contributed by atoms with Crippen LogP contribution in [0, 0.1) is 0 Å². The van der Waals surface area contributed by atoms with E-state index >= 15 is 0 Å². The minimum Gasteiger partial charge on any atom is -0.495 e. The smallest absolute Gasteiger partial charge is 0.306 e. The molecule has 0 radical (unpaired) electrons. The van der Waals surface area contributed by atoms with Crippen molar-refractivity contribution in [2.45, 2.75) is 19.8 Å². The summed E-state index contributed by atoms with van der Waals surface area (Å²) in [6.45, 7) is 1.81. The van der Waals surface area contributed by atoms with Gasteiger partial charge in [0.15, 0.2) is 6.61 Å². The van der Waals surface area contributed by atoms with Gasteiger partial charge in [-0.2, -0.15) is 0 Å². The zero-order valence-electron chi connectivity index (χ0n) is 16.7. The van der Waals surface area contributed by atoms with E-state index in [0.717, 1.165) is 0 Å². The number of carbonyl (C=O) groups excluding carboxylic acids is 3. The van der Waals surface area contributed by atoms with Gasteiger partial charge in [-0.05, 0) is 37.3 Å². The van der Waals surface area contributed by atoms with Gasteiger partial charge in [0.1, 0.15) is 11.5 Å². The first-order chi connectivity index (χ1) is 14.4. The molecule has 0 aliphatic heterocycles. The van der Waals surface area contributed by atoms with Crippen LogP contribution < -0.4 is 20.1 Å². The van der Waals surface area contributed by atoms with E-state index in [0.29, 0.717) is 34.5 Å². The van der Waals surface area contributed by atoms with E-state index in [4.69, 9.17) is 25.8 Å². The van der Waals surface area contributed by atoms with Gasteiger partial charge in [0, 0.05) is 11.4 Å². The molecular weight excluding hydrogens is 412 g/mol. The van der Waals surface area contributed by atoms with Crippen LogP contribution in [-0.4, -0.2) is 38.1 Å². The first-order valence-electron chi connectivity index (χ1n) is 9.23. The van der Waals surface area contributed by atoms with Gasteiger partial charge in [-0.1, -0.05) is 23.7 Å². The average Bonchev–Trinajstić information content (AvgIpc) is 2.72. The third-order valence-corrected chi connectivity index (χ3v) is 4.05. The number of esters is 1. The fraction of sp³-hybridized carbons (Fsp3) is 0.286. The molecule has 0 heterocycles. The highest BCUT2D eigenvalue weighted by atomic mass is 35.5. The van der Waals surface area contributed by atoms with E-state index in [1.807, 2.05) is 6.92 Å². The summed E-state index contributed by atoms with van der Waals surface area (Å²) in [6, 6.07) is 11.7. The molecule has 0 aliphatic carbocycles. The Hall–Kier alpha value is -3.26. The maximum absolute atomic E-state index is 12.1. The van der Waals surface area contributed by atoms with E-state index in [1.165, 1.54) is 7.11 Å². The highest BCUT2D eigenvalue weighted by Crippen LogP contribution is 2.28. The molecule has 0 saturated carbocycles. The van der Waals surface area contributed by atoms with Crippen molar-refractivity contribution in [1.29, 1.82) is 0 Å². The number of para-hydroxylation sites is 2. The molecular formula is C21H23ClN2O6. The van der Waals surface area contributed by atoms with Gasteiger partial charge in [0.2, 0.25) is 5.91 Å². The molecule has 0 unspecified atom stereocenters. The number of amides is 2. The summed E-state index contributed by atoms with van der Waals surface area (Å²) in [5.74, 6) is -0.630. The zero-order valence-corrected chi connectivity index (χ0v) is 17.5. The molecule has 30 heavy (non-hydrogen) atoms. The fourth-order valence-corrected chi connectivity index (χ4v) is 2.63. The maximum atomic E-state index is 12.1. The standard InChI is InChI=1S/C21H23ClN2O6/c1-3-29-18-7-5-4-6-15(18)23-20(26)13-30-21(27)11-10-19(25)24-16-12-14(22)8-9-17(16)28-2/h4-9,12H,3,10-11,13H2,1-2H3,(H,23,26)(H,24,25). The number of rotatable bonds is 10. The number of benzene rings is 2. The Morgan fingerprint density at radius 2 is 1.67 bits per heavy atom. The summed E-state index contributed by atoms with van der Waals surface area (Å²) < 4.78 is 15.5. The van der Waals surface area contributed by atoms with Gasteiger partial charge in [0.25, 0.3) is 5.91 Å². The van der Waals surface area contributed by atoms with Gasteiger partial charge in [-0.25, -0.2) is 0 Å². The molecule has 0 aromatic heterocycles. The minimum absolute atomic E-state index is 0.122. The quantitative estimate of drug-likeness (QED) is 0.553. The van der Waals surface area contributed by atoms with Crippen molar-refractivity contribution >= 4 is 40.8 Å². The second-order valence-corrected chi connectivity index (χ2v) is 6.47. The SMILES string of the molecule is CCOc1ccccc1NC(=O)COC(=O)CCC(=O)Nc1cc(Cl)ccc1OC. The normalized spacial score (nSPS) is 10.1. The highest BCUT2D eigenvalue weighted by Gasteiger charge is 2.13. The van der Waals surface area contributed by atoms with E-state index in [1.54, 1.807) is 42.5 Å². The molecule has 9 heteroatoms. The summed E-state index contributed by atoms with van der Waals surface area (Å²) in [5.41, 5.74) is 0.881. The lowest BCUT2D eigenvalue weighted by atomic mass is 10.2. The van der Waals surface area contributed by atoms with Crippen LogP contribution in [0.3, 0.4) is 0 Å². The first-order valence-corrected chi connectivity index (χ1v) is 9.61. The van der Waals surface area contributed by atoms with Crippen molar-refractivity contribution in [3.05, 3.63) is 47.5 Å². The average molecular weight is 435 g/mol. The molecule has 0 aliphatic rings. The molecule has 2 aromatic rings. The lowest BCUT2D eigenvalue weighted by Gasteiger charge is -2.12. The molecule has 2 rings (SSSR count). The topological polar surface area (TPSA) is 103 Å². The Kier molecular flexibility index (Phi) is 8.96. The van der Waals surface area contributed by atoms with Crippen LogP contribution in [-0.2, 0) is 19.1 Å². The predicted molar refractivity (Wildman–Crippen MR) is 113 cm³/mol. The fourth-order valence-electron chi connectivity index (χ4n) is 2.46. The number of methoxy groups -OCH3 is 1. The predicted octanol–water partition coefficient (Wildman–Crippen LogP) is 3.65. The number of halogens is 1. The lowest BCUT2D eigenvalue weighted by molar-refractivity contribution is -0.147. The lowest BCUT2D eigenvalue weighted by Crippen LogP contribution is -2.22. The van der Waals surface area contributed by atoms with Gasteiger partial charge < -0.3 is 24.8 Å². The Morgan fingerprint density at radius 1 is 0.933 bits per heavy atom. The number of hydrogen-bond acceptors (Lipinski definition) is 6. The highest BCUT2D eigenvalue weighted by molar-refractivity contribution is 6.31. The van der Waals surface area contributed by atoms with Crippen LogP contribution >= 0.6 is 11.6 Å². The molecule has 2 amide bonds. The second-order valence-electron chi connectivity index (χ2n) is 6.03. The van der Waals surface area contributed by atoms with Gasteiger partial charge in [-0.15, -0.1) is 0 Å². The minimum atomic E-state index is -0.670. The molecule has 0 atom stereocenters. The summed E-state index contributed by atoms with van der Waals surface area (Å²) >= 11 is 5.91. The Bertz CT molecular complexity index is 903. The molecule has 8 nitrogen and oxygen atoms in total. The van der Waals surface area contributed by atoms with E-state index in [2.05, 4.69) is 10.6 Å². The summed E-state index contributed by atoms with van der Waals surface area (Å²) in [7, 11) is 1.47. The van der Waals surface area contributed by atoms with Crippen LogP contribution in [0.15, 0.2) is 42.5 Å². The van der Waals surface area contributed by atoms with Crippen LogP contribution in [0.2, 0.25) is 5.02 Å². The second kappa shape index (κ2) is 11.7. The Balaban J connectivity index is 1.76. The summed E-state index contributed by atoms with van der Waals surface area (Å²) in [6.07, 6.45) is -0.305. The Morgan fingerprint density at radius 3 is 2.40 bits per heavy atom. The molecule has 0 spiro atoms. The van der Waals surface area contributed by atoms with Crippen LogP contribution in [0.4, 0.5) is 11.4 Å². The number of ether oxygens (including phenoxy) is 3. The third-order valence-electron chi connectivity index (χ3n) is 3.82. The number of anilines is 2. The zero-order chi connectivity index (χ0) is 21.9. The van der Waals surface area contributed by atoms with E-state index < -0.39 is 24.4 Å². The molecule has 0 bridgehead atoms. The Labute approximate surface area is 179 Å². The summed E-state index contributed by atoms with van der Waals surface area (Å²) in [5, 5.41) is 5.68. The number of hydrogen-bond donors (Lipinski definition) is 2. The number of carbonyl (C=O) groups is 3. The van der Waals surface area contributed by atoms with E-state index in [-0.39, 0.29) is 12.8 Å².